The average molecular weight is 375 g/mol. The van der Waals surface area contributed by atoms with Crippen LogP contribution in [0.4, 0.5) is 0 Å². The second-order valence-electron chi connectivity index (χ2n) is 6.99. The summed E-state index contributed by atoms with van der Waals surface area (Å²) < 4.78 is 11.2. The maximum atomic E-state index is 12.6. The van der Waals surface area contributed by atoms with E-state index < -0.39 is 0 Å². The molecule has 6 nitrogen and oxygen atoms in total. The molecule has 7 heteroatoms. The van der Waals surface area contributed by atoms with E-state index in [1.807, 2.05) is 29.3 Å². The van der Waals surface area contributed by atoms with Gasteiger partial charge in [-0.3, -0.25) is 9.69 Å². The number of morpholine rings is 1. The zero-order valence-electron chi connectivity index (χ0n) is 15.1. The van der Waals surface area contributed by atoms with Gasteiger partial charge in [0.1, 0.15) is 5.76 Å². The number of oxazole rings is 1. The van der Waals surface area contributed by atoms with E-state index in [1.165, 1.54) is 0 Å². The molecule has 0 radical (unpaired) electrons. The number of rotatable bonds is 4. The predicted octanol–water partition coefficient (Wildman–Crippen LogP) is 2.78. The van der Waals surface area contributed by atoms with Crippen molar-refractivity contribution in [3.63, 3.8) is 0 Å². The van der Waals surface area contributed by atoms with Gasteiger partial charge < -0.3 is 14.1 Å². The summed E-state index contributed by atoms with van der Waals surface area (Å²) in [7, 11) is 0. The Labute approximate surface area is 157 Å². The smallest absolute Gasteiger partial charge is 0.236 e. The van der Waals surface area contributed by atoms with Gasteiger partial charge in [-0.15, -0.1) is 11.3 Å². The summed E-state index contributed by atoms with van der Waals surface area (Å²) in [5, 5.41) is 2.03. The van der Waals surface area contributed by atoms with E-state index in [-0.39, 0.29) is 5.92 Å². The van der Waals surface area contributed by atoms with Crippen LogP contribution in [0.5, 0.6) is 0 Å². The number of amides is 1. The molecule has 2 fully saturated rings. The first-order chi connectivity index (χ1) is 12.7. The molecule has 0 spiro atoms. The number of ether oxygens (including phenoxy) is 1. The van der Waals surface area contributed by atoms with Gasteiger partial charge in [-0.25, -0.2) is 4.98 Å². The third kappa shape index (κ3) is 3.84. The molecule has 2 saturated heterocycles. The standard InChI is InChI=1S/C19H25N3O3S/c1-14-16(20-18(25-14)17-3-2-12-26-17)13-21-6-4-15(5-7-21)19(23)22-8-10-24-11-9-22/h2-3,12,15H,4-11,13H2,1H3. The maximum Gasteiger partial charge on any atom is 0.236 e. The van der Waals surface area contributed by atoms with E-state index in [0.29, 0.717) is 25.0 Å². The van der Waals surface area contributed by atoms with Crippen molar-refractivity contribution in [3.8, 4) is 10.8 Å². The van der Waals surface area contributed by atoms with E-state index in [9.17, 15) is 4.79 Å². The molecular weight excluding hydrogens is 350 g/mol. The van der Waals surface area contributed by atoms with E-state index in [4.69, 9.17) is 9.15 Å². The molecule has 0 saturated carbocycles. The molecule has 0 unspecified atom stereocenters. The van der Waals surface area contributed by atoms with Gasteiger partial charge in [0.15, 0.2) is 0 Å². The van der Waals surface area contributed by atoms with Crippen LogP contribution in [-0.4, -0.2) is 60.1 Å². The molecule has 0 bridgehead atoms. The maximum absolute atomic E-state index is 12.6. The fourth-order valence-corrected chi connectivity index (χ4v) is 4.32. The lowest BCUT2D eigenvalue weighted by atomic mass is 9.95. The van der Waals surface area contributed by atoms with Crippen molar-refractivity contribution in [1.82, 2.24) is 14.8 Å². The third-order valence-corrected chi connectivity index (χ3v) is 6.12. The fourth-order valence-electron chi connectivity index (χ4n) is 3.67. The van der Waals surface area contributed by atoms with Crippen molar-refractivity contribution >= 4 is 17.2 Å². The quantitative estimate of drug-likeness (QED) is 0.822. The molecule has 2 aliphatic rings. The number of piperidine rings is 1. The van der Waals surface area contributed by atoms with Crippen LogP contribution in [0.1, 0.15) is 24.3 Å². The number of thiophene rings is 1. The minimum atomic E-state index is 0.157. The normalized spacial score (nSPS) is 19.8. The fraction of sp³-hybridized carbons (Fsp3) is 0.579. The predicted molar refractivity (Wildman–Crippen MR) is 100.0 cm³/mol. The molecule has 26 heavy (non-hydrogen) atoms. The van der Waals surface area contributed by atoms with Gasteiger partial charge in [0.2, 0.25) is 11.8 Å². The SMILES string of the molecule is Cc1oc(-c2cccs2)nc1CN1CCC(C(=O)N2CCOCC2)CC1. The van der Waals surface area contributed by atoms with Crippen LogP contribution in [0.25, 0.3) is 10.8 Å². The molecule has 4 rings (SSSR count). The average Bonchev–Trinajstić information content (AvgIpc) is 3.33. The molecule has 2 aromatic heterocycles. The number of hydrogen-bond donors (Lipinski definition) is 0. The van der Waals surface area contributed by atoms with Gasteiger partial charge in [0.25, 0.3) is 0 Å². The van der Waals surface area contributed by atoms with Crippen LogP contribution in [0, 0.1) is 12.8 Å². The lowest BCUT2D eigenvalue weighted by Crippen LogP contribution is -2.46. The summed E-state index contributed by atoms with van der Waals surface area (Å²) in [4.78, 5) is 22.7. The highest BCUT2D eigenvalue weighted by Gasteiger charge is 2.29. The minimum absolute atomic E-state index is 0.157. The zero-order valence-corrected chi connectivity index (χ0v) is 16.0. The summed E-state index contributed by atoms with van der Waals surface area (Å²) in [5.74, 6) is 2.07. The first kappa shape index (κ1) is 17.7. The Bertz CT molecular complexity index is 729. The topological polar surface area (TPSA) is 58.8 Å². The first-order valence-electron chi connectivity index (χ1n) is 9.30. The van der Waals surface area contributed by atoms with Crippen LogP contribution in [0.2, 0.25) is 0 Å². The van der Waals surface area contributed by atoms with E-state index >= 15 is 0 Å². The monoisotopic (exact) mass is 375 g/mol. The van der Waals surface area contributed by atoms with E-state index in [0.717, 1.165) is 61.9 Å². The molecule has 140 valence electrons. The highest BCUT2D eigenvalue weighted by atomic mass is 32.1. The third-order valence-electron chi connectivity index (χ3n) is 5.26. The largest absolute Gasteiger partial charge is 0.440 e. The lowest BCUT2D eigenvalue weighted by molar-refractivity contribution is -0.141. The van der Waals surface area contributed by atoms with Crippen molar-refractivity contribution in [2.24, 2.45) is 5.92 Å². The van der Waals surface area contributed by atoms with Crippen LogP contribution < -0.4 is 0 Å². The molecule has 2 aliphatic heterocycles. The summed E-state index contributed by atoms with van der Waals surface area (Å²) in [6.07, 6.45) is 1.84. The number of aromatic nitrogens is 1. The Morgan fingerprint density at radius 1 is 1.27 bits per heavy atom. The number of hydrogen-bond acceptors (Lipinski definition) is 6. The summed E-state index contributed by atoms with van der Waals surface area (Å²) in [6, 6.07) is 4.04. The van der Waals surface area contributed by atoms with Crippen molar-refractivity contribution in [3.05, 3.63) is 29.0 Å². The Hall–Kier alpha value is -1.70. The van der Waals surface area contributed by atoms with Crippen molar-refractivity contribution < 1.29 is 13.9 Å². The summed E-state index contributed by atoms with van der Waals surface area (Å²) in [6.45, 7) is 7.45. The highest BCUT2D eigenvalue weighted by Crippen LogP contribution is 2.27. The van der Waals surface area contributed by atoms with Gasteiger partial charge >= 0.3 is 0 Å². The second kappa shape index (κ2) is 7.90. The van der Waals surface area contributed by atoms with Crippen molar-refractivity contribution in [2.75, 3.05) is 39.4 Å². The number of carbonyl (C=O) groups excluding carboxylic acids is 1. The number of nitrogens with zero attached hydrogens (tertiary/aromatic N) is 3. The molecule has 2 aromatic rings. The molecule has 0 aliphatic carbocycles. The van der Waals surface area contributed by atoms with Crippen LogP contribution in [-0.2, 0) is 16.1 Å². The summed E-state index contributed by atoms with van der Waals surface area (Å²) in [5.41, 5.74) is 1.01. The van der Waals surface area contributed by atoms with Crippen LogP contribution in [0.15, 0.2) is 21.9 Å². The number of carbonyl (C=O) groups is 1. The first-order valence-corrected chi connectivity index (χ1v) is 10.2. The second-order valence-corrected chi connectivity index (χ2v) is 7.93. The van der Waals surface area contributed by atoms with Gasteiger partial charge in [-0.05, 0) is 44.3 Å². The molecule has 0 atom stereocenters. The number of likely N-dealkylation sites (tertiary alicyclic amines) is 1. The summed E-state index contributed by atoms with van der Waals surface area (Å²) >= 11 is 1.64. The molecule has 0 aromatic carbocycles. The van der Waals surface area contributed by atoms with Gasteiger partial charge in [-0.2, -0.15) is 0 Å². The van der Waals surface area contributed by atoms with Crippen molar-refractivity contribution in [2.45, 2.75) is 26.3 Å². The van der Waals surface area contributed by atoms with Gasteiger partial charge in [0.05, 0.1) is 23.8 Å². The Morgan fingerprint density at radius 3 is 2.73 bits per heavy atom. The Balaban J connectivity index is 1.32. The van der Waals surface area contributed by atoms with Crippen LogP contribution >= 0.6 is 11.3 Å². The van der Waals surface area contributed by atoms with Crippen molar-refractivity contribution in [1.29, 1.82) is 0 Å². The highest BCUT2D eigenvalue weighted by molar-refractivity contribution is 7.13. The molecular formula is C19H25N3O3S. The lowest BCUT2D eigenvalue weighted by Gasteiger charge is -2.35. The van der Waals surface area contributed by atoms with Gasteiger partial charge in [0, 0.05) is 25.6 Å². The van der Waals surface area contributed by atoms with E-state index in [2.05, 4.69) is 9.88 Å². The van der Waals surface area contributed by atoms with Crippen LogP contribution in [0.3, 0.4) is 0 Å². The Morgan fingerprint density at radius 2 is 2.04 bits per heavy atom. The minimum Gasteiger partial charge on any atom is -0.440 e. The molecule has 1 amide bonds. The Kier molecular flexibility index (Phi) is 5.38. The zero-order chi connectivity index (χ0) is 17.9. The molecule has 4 heterocycles. The van der Waals surface area contributed by atoms with E-state index in [1.54, 1.807) is 11.3 Å². The number of aryl methyl sites for hydroxylation is 1. The van der Waals surface area contributed by atoms with Gasteiger partial charge in [-0.1, -0.05) is 6.07 Å². The molecule has 0 N–H and O–H groups in total.